The van der Waals surface area contributed by atoms with Crippen molar-refractivity contribution in [1.29, 1.82) is 0 Å². The summed E-state index contributed by atoms with van der Waals surface area (Å²) in [4.78, 5) is 2.48. The third-order valence-electron chi connectivity index (χ3n) is 3.00. The molecule has 2 atom stereocenters. The highest BCUT2D eigenvalue weighted by molar-refractivity contribution is 7.80. The van der Waals surface area contributed by atoms with Crippen molar-refractivity contribution in [3.05, 3.63) is 0 Å². The predicted octanol–water partition coefficient (Wildman–Crippen LogP) is 3.04. The minimum Gasteiger partial charge on any atom is -0.370 e. The van der Waals surface area contributed by atoms with Gasteiger partial charge >= 0.3 is 0 Å². The Balaban J connectivity index is 4.16. The van der Waals surface area contributed by atoms with E-state index in [4.69, 9.17) is 4.74 Å². The van der Waals surface area contributed by atoms with Gasteiger partial charge in [0, 0.05) is 19.7 Å². The second-order valence-corrected chi connectivity index (χ2v) is 5.10. The maximum Gasteiger partial charge on any atom is 0.112 e. The maximum atomic E-state index is 5.21. The minimum absolute atomic E-state index is 0.0306. The van der Waals surface area contributed by atoms with Gasteiger partial charge in [0.15, 0.2) is 0 Å². The highest BCUT2D eigenvalue weighted by Gasteiger charge is 2.18. The van der Waals surface area contributed by atoms with E-state index in [-0.39, 0.29) is 5.44 Å². The molecule has 0 aromatic rings. The van der Waals surface area contributed by atoms with Crippen molar-refractivity contribution in [2.45, 2.75) is 52.0 Å². The largest absolute Gasteiger partial charge is 0.370 e. The van der Waals surface area contributed by atoms with Crippen molar-refractivity contribution in [3.8, 4) is 0 Å². The number of thiol groups is 1. The second kappa shape index (κ2) is 8.43. The first kappa shape index (κ1) is 15.3. The van der Waals surface area contributed by atoms with Gasteiger partial charge in [-0.05, 0) is 25.8 Å². The number of ether oxygens (including phenoxy) is 1. The Morgan fingerprint density at radius 1 is 1.27 bits per heavy atom. The highest BCUT2D eigenvalue weighted by atomic mass is 32.1. The summed E-state index contributed by atoms with van der Waals surface area (Å²) in [5.74, 6) is 0.680. The summed E-state index contributed by atoms with van der Waals surface area (Å²) in [5.41, 5.74) is 0.0306. The lowest BCUT2D eigenvalue weighted by atomic mass is 10.0. The summed E-state index contributed by atoms with van der Waals surface area (Å²) < 4.78 is 5.21. The number of rotatable bonds is 8. The van der Waals surface area contributed by atoms with Gasteiger partial charge in [-0.25, -0.2) is 0 Å². The molecule has 2 unspecified atom stereocenters. The molecule has 0 aromatic carbocycles. The number of methoxy groups -OCH3 is 1. The SMILES string of the molecule is CCCCN(CC(S)OC)C(C)C(C)C. The van der Waals surface area contributed by atoms with Gasteiger partial charge in [0.2, 0.25) is 0 Å². The first-order valence-electron chi connectivity index (χ1n) is 5.97. The first-order valence-corrected chi connectivity index (χ1v) is 6.49. The summed E-state index contributed by atoms with van der Waals surface area (Å²) in [6.45, 7) is 11.1. The average molecular weight is 233 g/mol. The minimum atomic E-state index is 0.0306. The van der Waals surface area contributed by atoms with Crippen LogP contribution in [-0.4, -0.2) is 36.6 Å². The molecule has 0 N–H and O–H groups in total. The molecule has 15 heavy (non-hydrogen) atoms. The Hall–Kier alpha value is 0.270. The first-order chi connectivity index (χ1) is 7.02. The van der Waals surface area contributed by atoms with Crippen LogP contribution in [0.5, 0.6) is 0 Å². The molecule has 0 spiro atoms. The molecular weight excluding hydrogens is 206 g/mol. The van der Waals surface area contributed by atoms with Gasteiger partial charge < -0.3 is 4.74 Å². The van der Waals surface area contributed by atoms with Gasteiger partial charge in [0.05, 0.1) is 0 Å². The van der Waals surface area contributed by atoms with Crippen LogP contribution in [0.3, 0.4) is 0 Å². The van der Waals surface area contributed by atoms with Crippen molar-refractivity contribution < 1.29 is 4.74 Å². The molecule has 0 fully saturated rings. The summed E-state index contributed by atoms with van der Waals surface area (Å²) in [5, 5.41) is 0. The summed E-state index contributed by atoms with van der Waals surface area (Å²) in [7, 11) is 1.72. The lowest BCUT2D eigenvalue weighted by molar-refractivity contribution is 0.0900. The van der Waals surface area contributed by atoms with Gasteiger partial charge in [-0.2, -0.15) is 0 Å². The number of unbranched alkanes of at least 4 members (excludes halogenated alkanes) is 1. The summed E-state index contributed by atoms with van der Waals surface area (Å²) in [6.07, 6.45) is 2.49. The lowest BCUT2D eigenvalue weighted by Crippen LogP contribution is -2.41. The molecule has 0 aliphatic heterocycles. The van der Waals surface area contributed by atoms with Gasteiger partial charge in [-0.3, -0.25) is 4.90 Å². The molecule has 0 aromatic heterocycles. The highest BCUT2D eigenvalue weighted by Crippen LogP contribution is 2.13. The second-order valence-electron chi connectivity index (χ2n) is 4.52. The topological polar surface area (TPSA) is 12.5 Å². The Bertz CT molecular complexity index is 153. The molecule has 0 heterocycles. The number of hydrogen-bond acceptors (Lipinski definition) is 3. The normalized spacial score (nSPS) is 16.0. The van der Waals surface area contributed by atoms with Crippen LogP contribution >= 0.6 is 12.6 Å². The van der Waals surface area contributed by atoms with Crippen molar-refractivity contribution in [2.75, 3.05) is 20.2 Å². The molecule has 92 valence electrons. The van der Waals surface area contributed by atoms with Crippen molar-refractivity contribution in [3.63, 3.8) is 0 Å². The van der Waals surface area contributed by atoms with Crippen LogP contribution in [0, 0.1) is 5.92 Å². The van der Waals surface area contributed by atoms with E-state index in [0.29, 0.717) is 12.0 Å². The molecule has 0 rings (SSSR count). The Morgan fingerprint density at radius 3 is 2.27 bits per heavy atom. The zero-order valence-electron chi connectivity index (χ0n) is 10.9. The Kier molecular flexibility index (Phi) is 8.58. The zero-order chi connectivity index (χ0) is 11.8. The monoisotopic (exact) mass is 233 g/mol. The Labute approximate surface area is 101 Å². The molecule has 0 aliphatic rings. The van der Waals surface area contributed by atoms with Crippen LogP contribution in [0.2, 0.25) is 0 Å². The standard InChI is InChI=1S/C12H27NOS/c1-6-7-8-13(9-12(15)14-5)11(4)10(2)3/h10-12,15H,6-9H2,1-5H3. The van der Waals surface area contributed by atoms with Crippen molar-refractivity contribution in [2.24, 2.45) is 5.92 Å². The summed E-state index contributed by atoms with van der Waals surface area (Å²) >= 11 is 4.39. The molecule has 0 saturated heterocycles. The molecule has 0 amide bonds. The van der Waals surface area contributed by atoms with Crippen LogP contribution < -0.4 is 0 Å². The van der Waals surface area contributed by atoms with Gasteiger partial charge in [-0.15, -0.1) is 12.6 Å². The van der Waals surface area contributed by atoms with Crippen LogP contribution in [0.25, 0.3) is 0 Å². The molecule has 0 radical (unpaired) electrons. The van der Waals surface area contributed by atoms with E-state index in [1.165, 1.54) is 12.8 Å². The van der Waals surface area contributed by atoms with Crippen molar-refractivity contribution >= 4 is 12.6 Å². The molecule has 2 nitrogen and oxygen atoms in total. The fourth-order valence-electron chi connectivity index (χ4n) is 1.52. The fraction of sp³-hybridized carbons (Fsp3) is 1.00. The predicted molar refractivity (Wildman–Crippen MR) is 70.6 cm³/mol. The van der Waals surface area contributed by atoms with E-state index in [9.17, 15) is 0 Å². The van der Waals surface area contributed by atoms with Gasteiger partial charge in [0.1, 0.15) is 5.44 Å². The third kappa shape index (κ3) is 6.44. The average Bonchev–Trinajstić information content (AvgIpc) is 2.22. The van der Waals surface area contributed by atoms with Crippen LogP contribution in [0.4, 0.5) is 0 Å². The van der Waals surface area contributed by atoms with E-state index in [1.807, 2.05) is 0 Å². The van der Waals surface area contributed by atoms with E-state index in [2.05, 4.69) is 45.2 Å². The molecule has 0 saturated carbocycles. The lowest BCUT2D eigenvalue weighted by Gasteiger charge is -2.33. The Morgan fingerprint density at radius 2 is 1.87 bits per heavy atom. The smallest absolute Gasteiger partial charge is 0.112 e. The van der Waals surface area contributed by atoms with E-state index in [1.54, 1.807) is 7.11 Å². The zero-order valence-corrected chi connectivity index (χ0v) is 11.8. The van der Waals surface area contributed by atoms with Crippen LogP contribution in [0.15, 0.2) is 0 Å². The van der Waals surface area contributed by atoms with E-state index in [0.717, 1.165) is 13.1 Å². The molecule has 0 aliphatic carbocycles. The van der Waals surface area contributed by atoms with Gasteiger partial charge in [0.25, 0.3) is 0 Å². The van der Waals surface area contributed by atoms with E-state index < -0.39 is 0 Å². The fourth-order valence-corrected chi connectivity index (χ4v) is 1.73. The van der Waals surface area contributed by atoms with Crippen LogP contribution in [-0.2, 0) is 4.74 Å². The summed E-state index contributed by atoms with van der Waals surface area (Å²) in [6, 6.07) is 0.598. The van der Waals surface area contributed by atoms with Gasteiger partial charge in [-0.1, -0.05) is 27.2 Å². The maximum absolute atomic E-state index is 5.21. The van der Waals surface area contributed by atoms with Crippen LogP contribution in [0.1, 0.15) is 40.5 Å². The third-order valence-corrected chi connectivity index (χ3v) is 3.38. The van der Waals surface area contributed by atoms with E-state index >= 15 is 0 Å². The van der Waals surface area contributed by atoms with Crippen molar-refractivity contribution in [1.82, 2.24) is 4.90 Å². The number of nitrogens with zero attached hydrogens (tertiary/aromatic N) is 1. The molecule has 3 heteroatoms. The molecular formula is C12H27NOS. The molecule has 0 bridgehead atoms. The number of hydrogen-bond donors (Lipinski definition) is 1. The quantitative estimate of drug-likeness (QED) is 0.511.